The third-order valence-corrected chi connectivity index (χ3v) is 3.46. The number of nitrogens with zero attached hydrogens (tertiary/aromatic N) is 2. The molecule has 0 atom stereocenters. The van der Waals surface area contributed by atoms with Crippen LogP contribution in [0.5, 0.6) is 0 Å². The van der Waals surface area contributed by atoms with Gasteiger partial charge in [-0.3, -0.25) is 9.48 Å². The second kappa shape index (κ2) is 6.21. The molecule has 100 valence electrons. The number of carbonyl (C=O) groups is 1. The van der Waals surface area contributed by atoms with Gasteiger partial charge in [0.1, 0.15) is 0 Å². The lowest BCUT2D eigenvalue weighted by Crippen LogP contribution is -2.27. The normalized spacial score (nSPS) is 10.5. The molecule has 0 saturated heterocycles. The van der Waals surface area contributed by atoms with Crippen molar-refractivity contribution in [1.82, 2.24) is 15.1 Å². The standard InChI is InChI=1S/C13H13BrClN3O/c1-9-7-17-18(8-9)5-4-16-13(19)11-3-2-10(15)6-12(11)14/h2-3,6-8H,4-5H2,1H3,(H,16,19). The van der Waals surface area contributed by atoms with Crippen molar-refractivity contribution in [1.29, 1.82) is 0 Å². The second-order valence-electron chi connectivity index (χ2n) is 4.16. The maximum absolute atomic E-state index is 12.0. The van der Waals surface area contributed by atoms with Crippen molar-refractivity contribution in [3.8, 4) is 0 Å². The largest absolute Gasteiger partial charge is 0.350 e. The Hall–Kier alpha value is -1.33. The van der Waals surface area contributed by atoms with Crippen molar-refractivity contribution in [3.63, 3.8) is 0 Å². The van der Waals surface area contributed by atoms with Gasteiger partial charge in [0.25, 0.3) is 5.91 Å². The molecule has 0 bridgehead atoms. The molecule has 6 heteroatoms. The number of amides is 1. The van der Waals surface area contributed by atoms with Crippen LogP contribution >= 0.6 is 27.5 Å². The quantitative estimate of drug-likeness (QED) is 0.928. The van der Waals surface area contributed by atoms with Crippen LogP contribution < -0.4 is 5.32 Å². The Kier molecular flexibility index (Phi) is 4.61. The smallest absolute Gasteiger partial charge is 0.252 e. The molecule has 2 rings (SSSR count). The van der Waals surface area contributed by atoms with E-state index >= 15 is 0 Å². The van der Waals surface area contributed by atoms with Crippen molar-refractivity contribution in [2.24, 2.45) is 0 Å². The van der Waals surface area contributed by atoms with Crippen molar-refractivity contribution < 1.29 is 4.79 Å². The Morgan fingerprint density at radius 1 is 1.53 bits per heavy atom. The summed E-state index contributed by atoms with van der Waals surface area (Å²) in [6.45, 7) is 3.15. The first kappa shape index (κ1) is 14.1. The first-order chi connectivity index (χ1) is 9.06. The monoisotopic (exact) mass is 341 g/mol. The van der Waals surface area contributed by atoms with Crippen LogP contribution in [0.1, 0.15) is 15.9 Å². The first-order valence-electron chi connectivity index (χ1n) is 5.78. The van der Waals surface area contributed by atoms with E-state index in [-0.39, 0.29) is 5.91 Å². The van der Waals surface area contributed by atoms with E-state index in [4.69, 9.17) is 11.6 Å². The molecule has 2 aromatic rings. The summed E-state index contributed by atoms with van der Waals surface area (Å²) in [4.78, 5) is 12.0. The summed E-state index contributed by atoms with van der Waals surface area (Å²) in [5, 5.41) is 7.59. The lowest BCUT2D eigenvalue weighted by molar-refractivity contribution is 0.0951. The van der Waals surface area contributed by atoms with Crippen molar-refractivity contribution in [3.05, 3.63) is 51.2 Å². The van der Waals surface area contributed by atoms with Crippen molar-refractivity contribution in [2.45, 2.75) is 13.5 Å². The average Bonchev–Trinajstić information content (AvgIpc) is 2.75. The number of hydrogen-bond donors (Lipinski definition) is 1. The van der Waals surface area contributed by atoms with E-state index in [1.54, 1.807) is 29.1 Å². The Morgan fingerprint density at radius 3 is 2.95 bits per heavy atom. The highest BCUT2D eigenvalue weighted by atomic mass is 79.9. The maximum Gasteiger partial charge on any atom is 0.252 e. The van der Waals surface area contributed by atoms with Gasteiger partial charge in [-0.1, -0.05) is 11.6 Å². The minimum absolute atomic E-state index is 0.132. The van der Waals surface area contributed by atoms with Gasteiger partial charge in [0, 0.05) is 22.2 Å². The van der Waals surface area contributed by atoms with E-state index in [9.17, 15) is 4.79 Å². The van der Waals surface area contributed by atoms with E-state index in [1.165, 1.54) is 0 Å². The van der Waals surface area contributed by atoms with Crippen LogP contribution in [0.15, 0.2) is 35.1 Å². The zero-order chi connectivity index (χ0) is 13.8. The van der Waals surface area contributed by atoms with E-state index in [0.29, 0.717) is 28.1 Å². The summed E-state index contributed by atoms with van der Waals surface area (Å²) in [7, 11) is 0. The third kappa shape index (κ3) is 3.81. The van der Waals surface area contributed by atoms with E-state index < -0.39 is 0 Å². The van der Waals surface area contributed by atoms with Gasteiger partial charge >= 0.3 is 0 Å². The third-order valence-electron chi connectivity index (χ3n) is 2.56. The van der Waals surface area contributed by atoms with Crippen LogP contribution in [0.25, 0.3) is 0 Å². The molecule has 1 aromatic heterocycles. The molecule has 0 unspecified atom stereocenters. The molecule has 0 aliphatic rings. The number of aryl methyl sites for hydroxylation is 1. The molecular weight excluding hydrogens is 330 g/mol. The number of benzene rings is 1. The van der Waals surface area contributed by atoms with Gasteiger partial charge in [-0.15, -0.1) is 0 Å². The highest BCUT2D eigenvalue weighted by Gasteiger charge is 2.09. The molecule has 1 aromatic carbocycles. The molecule has 19 heavy (non-hydrogen) atoms. The molecule has 4 nitrogen and oxygen atoms in total. The van der Waals surface area contributed by atoms with E-state index in [0.717, 1.165) is 5.56 Å². The van der Waals surface area contributed by atoms with Gasteiger partial charge < -0.3 is 5.32 Å². The van der Waals surface area contributed by atoms with Gasteiger partial charge in [-0.25, -0.2) is 0 Å². The number of aromatic nitrogens is 2. The molecule has 0 aliphatic heterocycles. The van der Waals surface area contributed by atoms with E-state index in [1.807, 2.05) is 13.1 Å². The molecule has 1 amide bonds. The number of halogens is 2. The minimum Gasteiger partial charge on any atom is -0.350 e. The summed E-state index contributed by atoms with van der Waals surface area (Å²) >= 11 is 9.16. The fraction of sp³-hybridized carbons (Fsp3) is 0.231. The Bertz CT molecular complexity index is 597. The van der Waals surface area contributed by atoms with Crippen LogP contribution in [0.4, 0.5) is 0 Å². The van der Waals surface area contributed by atoms with Crippen LogP contribution in [0.2, 0.25) is 5.02 Å². The lowest BCUT2D eigenvalue weighted by Gasteiger charge is -2.07. The molecular formula is C13H13BrClN3O. The van der Waals surface area contributed by atoms with Gasteiger partial charge in [0.15, 0.2) is 0 Å². The summed E-state index contributed by atoms with van der Waals surface area (Å²) in [6, 6.07) is 5.09. The predicted octanol–water partition coefficient (Wildman–Crippen LogP) is 3.04. The van der Waals surface area contributed by atoms with Crippen LogP contribution in [-0.2, 0) is 6.54 Å². The zero-order valence-electron chi connectivity index (χ0n) is 10.4. The highest BCUT2D eigenvalue weighted by Crippen LogP contribution is 2.21. The SMILES string of the molecule is Cc1cnn(CCNC(=O)c2ccc(Cl)cc2Br)c1. The van der Waals surface area contributed by atoms with Gasteiger partial charge in [0.05, 0.1) is 18.3 Å². The van der Waals surface area contributed by atoms with Crippen molar-refractivity contribution >= 4 is 33.4 Å². The summed E-state index contributed by atoms with van der Waals surface area (Å²) in [5.74, 6) is -0.132. The Labute approximate surface area is 124 Å². The van der Waals surface area contributed by atoms with Gasteiger partial charge in [0.2, 0.25) is 0 Å². The van der Waals surface area contributed by atoms with E-state index in [2.05, 4.69) is 26.3 Å². The van der Waals surface area contributed by atoms with Crippen molar-refractivity contribution in [2.75, 3.05) is 6.54 Å². The fourth-order valence-corrected chi connectivity index (χ4v) is 2.50. The Balaban J connectivity index is 1.90. The van der Waals surface area contributed by atoms with Gasteiger partial charge in [-0.2, -0.15) is 5.10 Å². The van der Waals surface area contributed by atoms with Gasteiger partial charge in [-0.05, 0) is 46.6 Å². The zero-order valence-corrected chi connectivity index (χ0v) is 12.7. The van der Waals surface area contributed by atoms with Crippen LogP contribution in [0.3, 0.4) is 0 Å². The summed E-state index contributed by atoms with van der Waals surface area (Å²) in [5.41, 5.74) is 1.67. The second-order valence-corrected chi connectivity index (χ2v) is 5.45. The number of hydrogen-bond acceptors (Lipinski definition) is 2. The maximum atomic E-state index is 12.0. The molecule has 0 spiro atoms. The molecule has 1 heterocycles. The van der Waals surface area contributed by atoms with Crippen LogP contribution in [0, 0.1) is 6.92 Å². The number of nitrogens with one attached hydrogen (secondary N) is 1. The summed E-state index contributed by atoms with van der Waals surface area (Å²) < 4.78 is 2.49. The molecule has 1 N–H and O–H groups in total. The predicted molar refractivity (Wildman–Crippen MR) is 78.4 cm³/mol. The summed E-state index contributed by atoms with van der Waals surface area (Å²) in [6.07, 6.45) is 3.72. The fourth-order valence-electron chi connectivity index (χ4n) is 1.64. The lowest BCUT2D eigenvalue weighted by atomic mass is 10.2. The number of carbonyl (C=O) groups excluding carboxylic acids is 1. The van der Waals surface area contributed by atoms with Crippen LogP contribution in [-0.4, -0.2) is 22.2 Å². The molecule has 0 radical (unpaired) electrons. The Morgan fingerprint density at radius 2 is 2.32 bits per heavy atom. The molecule has 0 fully saturated rings. The first-order valence-corrected chi connectivity index (χ1v) is 6.95. The molecule has 0 aliphatic carbocycles. The molecule has 0 saturated carbocycles. The number of rotatable bonds is 4. The average molecular weight is 343 g/mol. The highest BCUT2D eigenvalue weighted by molar-refractivity contribution is 9.10. The minimum atomic E-state index is -0.132. The topological polar surface area (TPSA) is 46.9 Å².